The quantitative estimate of drug-likeness (QED) is 0.860. The molecule has 0 saturated heterocycles. The average Bonchev–Trinajstić information content (AvgIpc) is 2.50. The van der Waals surface area contributed by atoms with Gasteiger partial charge in [0.2, 0.25) is 0 Å². The summed E-state index contributed by atoms with van der Waals surface area (Å²) < 4.78 is 23.6. The Balaban J connectivity index is 2.16. The lowest BCUT2D eigenvalue weighted by atomic mass is 10.00. The van der Waals surface area contributed by atoms with Crippen LogP contribution in [0.1, 0.15) is 11.5 Å². The predicted molar refractivity (Wildman–Crippen MR) is 74.8 cm³/mol. The Morgan fingerprint density at radius 3 is 2.48 bits per heavy atom. The van der Waals surface area contributed by atoms with Crippen LogP contribution in [-0.2, 0) is 9.53 Å². The van der Waals surface area contributed by atoms with Gasteiger partial charge in [0.25, 0.3) is 0 Å². The molecule has 0 radical (unpaired) electrons. The van der Waals surface area contributed by atoms with Gasteiger partial charge in [-0.25, -0.2) is 4.39 Å². The first-order valence-corrected chi connectivity index (χ1v) is 6.36. The molecule has 2 aromatic carbocycles. The van der Waals surface area contributed by atoms with Crippen molar-refractivity contribution in [3.63, 3.8) is 0 Å². The van der Waals surface area contributed by atoms with E-state index in [1.54, 1.807) is 24.3 Å². The Labute approximate surface area is 121 Å². The van der Waals surface area contributed by atoms with Gasteiger partial charge in [-0.2, -0.15) is 0 Å². The largest absolute Gasteiger partial charge is 0.508 e. The number of carbonyl (C=O) groups is 1. The Hall–Kier alpha value is -2.56. The Bertz CT molecular complexity index is 610. The van der Waals surface area contributed by atoms with E-state index in [1.807, 2.05) is 0 Å². The number of rotatable bonds is 5. The maximum absolute atomic E-state index is 13.5. The van der Waals surface area contributed by atoms with Crippen molar-refractivity contribution in [1.29, 1.82) is 0 Å². The summed E-state index contributed by atoms with van der Waals surface area (Å²) in [7, 11) is 1.28. The molecule has 0 amide bonds. The maximum Gasteiger partial charge on any atom is 0.316 e. The van der Waals surface area contributed by atoms with Gasteiger partial charge in [0.05, 0.1) is 7.11 Å². The highest BCUT2D eigenvalue weighted by atomic mass is 19.1. The number of phenols is 1. The van der Waals surface area contributed by atoms with E-state index in [0.717, 1.165) is 0 Å². The molecule has 2 aromatic rings. The zero-order valence-electron chi connectivity index (χ0n) is 11.5. The third-order valence-corrected chi connectivity index (χ3v) is 3.02. The summed E-state index contributed by atoms with van der Waals surface area (Å²) in [6.07, 6.45) is 0. The molecule has 21 heavy (non-hydrogen) atoms. The van der Waals surface area contributed by atoms with E-state index in [2.05, 4.69) is 0 Å². The van der Waals surface area contributed by atoms with Crippen LogP contribution in [0.25, 0.3) is 0 Å². The molecule has 1 N–H and O–H groups in total. The molecule has 4 nitrogen and oxygen atoms in total. The molecule has 1 atom stereocenters. The number of benzene rings is 2. The standard InChI is InChI=1S/C16H15FO4/c1-20-16(19)13(11-6-8-12(18)9-7-11)10-21-15-5-3-2-4-14(15)17/h2-9,13,18H,10H2,1H3. The molecular weight excluding hydrogens is 275 g/mol. The second-order valence-corrected chi connectivity index (χ2v) is 4.41. The average molecular weight is 290 g/mol. The fourth-order valence-corrected chi connectivity index (χ4v) is 1.88. The molecule has 0 saturated carbocycles. The minimum absolute atomic E-state index is 0.0572. The van der Waals surface area contributed by atoms with E-state index in [-0.39, 0.29) is 18.1 Å². The first-order chi connectivity index (χ1) is 10.1. The second-order valence-electron chi connectivity index (χ2n) is 4.41. The van der Waals surface area contributed by atoms with E-state index in [4.69, 9.17) is 9.47 Å². The Kier molecular flexibility index (Phi) is 4.77. The number of halogens is 1. The van der Waals surface area contributed by atoms with Crippen molar-refractivity contribution in [2.75, 3.05) is 13.7 Å². The van der Waals surface area contributed by atoms with Crippen molar-refractivity contribution in [1.82, 2.24) is 0 Å². The number of phenolic OH excluding ortho intramolecular Hbond substituents is 1. The van der Waals surface area contributed by atoms with Crippen LogP contribution >= 0.6 is 0 Å². The summed E-state index contributed by atoms with van der Waals surface area (Å²) in [6.45, 7) is -0.0572. The number of hydrogen-bond donors (Lipinski definition) is 1. The lowest BCUT2D eigenvalue weighted by Crippen LogP contribution is -2.21. The van der Waals surface area contributed by atoms with Crippen molar-refractivity contribution >= 4 is 5.97 Å². The highest BCUT2D eigenvalue weighted by Crippen LogP contribution is 2.23. The maximum atomic E-state index is 13.5. The van der Waals surface area contributed by atoms with Gasteiger partial charge in [-0.05, 0) is 29.8 Å². The lowest BCUT2D eigenvalue weighted by Gasteiger charge is -2.16. The molecule has 2 rings (SSSR count). The number of esters is 1. The minimum Gasteiger partial charge on any atom is -0.508 e. The van der Waals surface area contributed by atoms with E-state index >= 15 is 0 Å². The molecular formula is C16H15FO4. The molecule has 0 aliphatic carbocycles. The third-order valence-electron chi connectivity index (χ3n) is 3.02. The van der Waals surface area contributed by atoms with Crippen LogP contribution in [0.15, 0.2) is 48.5 Å². The number of hydrogen-bond acceptors (Lipinski definition) is 4. The van der Waals surface area contributed by atoms with Gasteiger partial charge in [-0.15, -0.1) is 0 Å². The van der Waals surface area contributed by atoms with Crippen LogP contribution in [0, 0.1) is 5.82 Å². The van der Waals surface area contributed by atoms with Crippen molar-refractivity contribution in [3.8, 4) is 11.5 Å². The number of para-hydroxylation sites is 1. The second kappa shape index (κ2) is 6.74. The number of aromatic hydroxyl groups is 1. The highest BCUT2D eigenvalue weighted by Gasteiger charge is 2.23. The molecule has 0 aliphatic heterocycles. The Morgan fingerprint density at radius 2 is 1.86 bits per heavy atom. The van der Waals surface area contributed by atoms with Crippen molar-refractivity contribution in [2.45, 2.75) is 5.92 Å². The number of carbonyl (C=O) groups excluding carboxylic acids is 1. The van der Waals surface area contributed by atoms with Gasteiger partial charge >= 0.3 is 5.97 Å². The summed E-state index contributed by atoms with van der Waals surface area (Å²) >= 11 is 0. The number of methoxy groups -OCH3 is 1. The van der Waals surface area contributed by atoms with E-state index < -0.39 is 17.7 Å². The molecule has 0 heterocycles. The van der Waals surface area contributed by atoms with Gasteiger partial charge in [0.15, 0.2) is 11.6 Å². The molecule has 0 fully saturated rings. The van der Waals surface area contributed by atoms with Gasteiger partial charge in [0, 0.05) is 0 Å². The SMILES string of the molecule is COC(=O)C(COc1ccccc1F)c1ccc(O)cc1. The fourth-order valence-electron chi connectivity index (χ4n) is 1.88. The first-order valence-electron chi connectivity index (χ1n) is 6.36. The summed E-state index contributed by atoms with van der Waals surface area (Å²) in [6, 6.07) is 12.1. The summed E-state index contributed by atoms with van der Waals surface area (Å²) in [5.41, 5.74) is 0.621. The van der Waals surface area contributed by atoms with Crippen molar-refractivity contribution in [2.24, 2.45) is 0 Å². The summed E-state index contributed by atoms with van der Waals surface area (Å²) in [5, 5.41) is 9.28. The van der Waals surface area contributed by atoms with Crippen LogP contribution in [0.3, 0.4) is 0 Å². The Morgan fingerprint density at radius 1 is 1.19 bits per heavy atom. The minimum atomic E-state index is -0.699. The van der Waals surface area contributed by atoms with E-state index in [9.17, 15) is 14.3 Å². The van der Waals surface area contributed by atoms with E-state index in [1.165, 1.54) is 31.4 Å². The molecule has 5 heteroatoms. The van der Waals surface area contributed by atoms with Crippen LogP contribution in [0.4, 0.5) is 4.39 Å². The zero-order valence-corrected chi connectivity index (χ0v) is 11.5. The topological polar surface area (TPSA) is 55.8 Å². The zero-order chi connectivity index (χ0) is 15.2. The molecule has 0 aliphatic rings. The predicted octanol–water partition coefficient (Wildman–Crippen LogP) is 2.87. The molecule has 0 bridgehead atoms. The fraction of sp³-hybridized carbons (Fsp3) is 0.188. The van der Waals surface area contributed by atoms with Crippen LogP contribution in [0.2, 0.25) is 0 Å². The number of ether oxygens (including phenoxy) is 2. The smallest absolute Gasteiger partial charge is 0.316 e. The normalized spacial score (nSPS) is 11.7. The van der Waals surface area contributed by atoms with Gasteiger partial charge < -0.3 is 14.6 Å². The van der Waals surface area contributed by atoms with Crippen LogP contribution in [0.5, 0.6) is 11.5 Å². The molecule has 110 valence electrons. The molecule has 0 aromatic heterocycles. The van der Waals surface area contributed by atoms with Gasteiger partial charge in [-0.1, -0.05) is 24.3 Å². The van der Waals surface area contributed by atoms with Crippen LogP contribution < -0.4 is 4.74 Å². The van der Waals surface area contributed by atoms with Crippen molar-refractivity contribution in [3.05, 3.63) is 59.9 Å². The summed E-state index contributed by atoms with van der Waals surface area (Å²) in [5.74, 6) is -1.51. The van der Waals surface area contributed by atoms with Crippen LogP contribution in [-0.4, -0.2) is 24.8 Å². The highest BCUT2D eigenvalue weighted by molar-refractivity contribution is 5.78. The summed E-state index contributed by atoms with van der Waals surface area (Å²) in [4.78, 5) is 11.8. The molecule has 0 spiro atoms. The van der Waals surface area contributed by atoms with Gasteiger partial charge in [-0.3, -0.25) is 4.79 Å². The van der Waals surface area contributed by atoms with Gasteiger partial charge in [0.1, 0.15) is 18.3 Å². The first kappa shape index (κ1) is 14.8. The van der Waals surface area contributed by atoms with E-state index in [0.29, 0.717) is 5.56 Å². The lowest BCUT2D eigenvalue weighted by molar-refractivity contribution is -0.143. The molecule has 1 unspecified atom stereocenters. The van der Waals surface area contributed by atoms with Crippen molar-refractivity contribution < 1.29 is 23.8 Å². The monoisotopic (exact) mass is 290 g/mol. The third kappa shape index (κ3) is 3.72.